The van der Waals surface area contributed by atoms with E-state index < -0.39 is 24.3 Å². The lowest BCUT2D eigenvalue weighted by Gasteiger charge is -2.16. The molecule has 0 aliphatic rings. The minimum Gasteiger partial charge on any atom is -0.451 e. The summed E-state index contributed by atoms with van der Waals surface area (Å²) in [5.41, 5.74) is 0. The third-order valence-electron chi connectivity index (χ3n) is 1.59. The molecule has 5 heteroatoms. The smallest absolute Gasteiger partial charge is 0.397 e. The molecule has 1 amide bonds. The molecule has 0 saturated heterocycles. The zero-order valence-electron chi connectivity index (χ0n) is 8.38. The molecular formula is C9H14FNO3. The molecule has 4 nitrogen and oxygen atoms in total. The average molecular weight is 203 g/mol. The Bertz CT molecular complexity index is 236. The summed E-state index contributed by atoms with van der Waals surface area (Å²) in [7, 11) is 0. The van der Waals surface area contributed by atoms with Crippen molar-refractivity contribution < 1.29 is 18.7 Å². The molecule has 0 N–H and O–H groups in total. The fraction of sp³-hybridized carbons (Fsp3) is 0.556. The largest absolute Gasteiger partial charge is 0.451 e. The van der Waals surface area contributed by atoms with Crippen LogP contribution >= 0.6 is 0 Å². The van der Waals surface area contributed by atoms with Crippen molar-refractivity contribution in [1.82, 2.24) is 4.90 Å². The molecule has 14 heavy (non-hydrogen) atoms. The van der Waals surface area contributed by atoms with Crippen LogP contribution in [0.1, 0.15) is 13.8 Å². The lowest BCUT2D eigenvalue weighted by molar-refractivity contribution is -0.159. The number of nitrogens with zero attached hydrogens (tertiary/aromatic N) is 1. The summed E-state index contributed by atoms with van der Waals surface area (Å²) in [5.74, 6) is -2.59. The molecule has 0 aliphatic heterocycles. The summed E-state index contributed by atoms with van der Waals surface area (Å²) in [4.78, 5) is 23.5. The van der Waals surface area contributed by atoms with Crippen molar-refractivity contribution in [2.45, 2.75) is 13.8 Å². The van der Waals surface area contributed by atoms with Crippen LogP contribution in [0.15, 0.2) is 12.4 Å². The molecule has 0 heterocycles. The van der Waals surface area contributed by atoms with E-state index in [0.29, 0.717) is 13.1 Å². The van der Waals surface area contributed by atoms with Gasteiger partial charge in [-0.25, -0.2) is 9.18 Å². The first-order valence-corrected chi connectivity index (χ1v) is 4.32. The number of carbonyl (C=O) groups excluding carboxylic acids is 2. The van der Waals surface area contributed by atoms with E-state index in [4.69, 9.17) is 0 Å². The summed E-state index contributed by atoms with van der Waals surface area (Å²) in [6, 6.07) is 0. The molecule has 0 saturated carbocycles. The summed E-state index contributed by atoms with van der Waals surface area (Å²) >= 11 is 0. The van der Waals surface area contributed by atoms with Crippen molar-refractivity contribution in [3.8, 4) is 0 Å². The predicted molar refractivity (Wildman–Crippen MR) is 49.1 cm³/mol. The van der Waals surface area contributed by atoms with E-state index in [-0.39, 0.29) is 0 Å². The van der Waals surface area contributed by atoms with Crippen molar-refractivity contribution in [2.75, 3.05) is 19.7 Å². The van der Waals surface area contributed by atoms with Crippen molar-refractivity contribution in [3.05, 3.63) is 12.4 Å². The third-order valence-corrected chi connectivity index (χ3v) is 1.59. The standard InChI is InChI=1S/C9H14FNO3/c1-4-11(5-2)8(12)9(13)14-6-7(3)10/h3-6H2,1-2H3. The Hall–Kier alpha value is -1.39. The van der Waals surface area contributed by atoms with Gasteiger partial charge < -0.3 is 9.64 Å². The number of hydrogen-bond acceptors (Lipinski definition) is 3. The van der Waals surface area contributed by atoms with Gasteiger partial charge in [0.25, 0.3) is 0 Å². The molecule has 0 spiro atoms. The van der Waals surface area contributed by atoms with Gasteiger partial charge in [0.2, 0.25) is 0 Å². The number of ether oxygens (including phenoxy) is 1. The Kier molecular flexibility index (Phi) is 5.52. The van der Waals surface area contributed by atoms with Gasteiger partial charge in [0, 0.05) is 13.1 Å². The van der Waals surface area contributed by atoms with E-state index in [0.717, 1.165) is 0 Å². The van der Waals surface area contributed by atoms with Gasteiger partial charge in [-0.1, -0.05) is 6.58 Å². The minimum atomic E-state index is -1.05. The Morgan fingerprint density at radius 3 is 2.21 bits per heavy atom. The Morgan fingerprint density at radius 1 is 1.36 bits per heavy atom. The van der Waals surface area contributed by atoms with Crippen LogP contribution in [-0.4, -0.2) is 36.5 Å². The van der Waals surface area contributed by atoms with Crippen LogP contribution in [-0.2, 0) is 14.3 Å². The number of hydrogen-bond donors (Lipinski definition) is 0. The maximum Gasteiger partial charge on any atom is 0.397 e. The normalized spacial score (nSPS) is 9.36. The summed E-state index contributed by atoms with van der Waals surface area (Å²) in [5, 5.41) is 0. The fourth-order valence-corrected chi connectivity index (χ4v) is 0.846. The topological polar surface area (TPSA) is 46.6 Å². The molecule has 0 atom stereocenters. The van der Waals surface area contributed by atoms with Gasteiger partial charge in [-0.3, -0.25) is 4.79 Å². The van der Waals surface area contributed by atoms with Gasteiger partial charge in [-0.2, -0.15) is 0 Å². The first kappa shape index (κ1) is 12.6. The highest BCUT2D eigenvalue weighted by Gasteiger charge is 2.20. The fourth-order valence-electron chi connectivity index (χ4n) is 0.846. The maximum atomic E-state index is 12.1. The van der Waals surface area contributed by atoms with Gasteiger partial charge >= 0.3 is 11.9 Å². The molecule has 0 rings (SSSR count). The van der Waals surface area contributed by atoms with Gasteiger partial charge in [-0.15, -0.1) is 0 Å². The number of esters is 1. The highest BCUT2D eigenvalue weighted by atomic mass is 19.1. The van der Waals surface area contributed by atoms with Crippen molar-refractivity contribution in [3.63, 3.8) is 0 Å². The van der Waals surface area contributed by atoms with Gasteiger partial charge in [0.15, 0.2) is 0 Å². The molecule has 80 valence electrons. The number of halogens is 1. The summed E-state index contributed by atoms with van der Waals surface area (Å²) < 4.78 is 16.4. The van der Waals surface area contributed by atoms with Crippen LogP contribution in [0, 0.1) is 0 Å². The monoisotopic (exact) mass is 203 g/mol. The minimum absolute atomic E-state index is 0.418. The number of rotatable bonds is 4. The summed E-state index contributed by atoms with van der Waals surface area (Å²) in [6.07, 6.45) is 0. The van der Waals surface area contributed by atoms with Gasteiger partial charge in [0.05, 0.1) is 0 Å². The molecule has 0 aromatic heterocycles. The SMILES string of the molecule is C=C(F)COC(=O)C(=O)N(CC)CC. The number of carbonyl (C=O) groups is 2. The molecule has 0 radical (unpaired) electrons. The molecule has 0 aliphatic carbocycles. The molecule has 0 unspecified atom stereocenters. The maximum absolute atomic E-state index is 12.1. The highest BCUT2D eigenvalue weighted by molar-refractivity contribution is 6.32. The zero-order valence-corrected chi connectivity index (χ0v) is 8.38. The molecular weight excluding hydrogens is 189 g/mol. The van der Waals surface area contributed by atoms with E-state index in [1.54, 1.807) is 13.8 Å². The van der Waals surface area contributed by atoms with E-state index in [9.17, 15) is 14.0 Å². The van der Waals surface area contributed by atoms with Gasteiger partial charge in [-0.05, 0) is 13.8 Å². The molecule has 0 bridgehead atoms. The third kappa shape index (κ3) is 4.02. The first-order chi connectivity index (χ1) is 6.52. The molecule has 0 fully saturated rings. The van der Waals surface area contributed by atoms with Crippen LogP contribution in [0.2, 0.25) is 0 Å². The van der Waals surface area contributed by atoms with Crippen molar-refractivity contribution >= 4 is 11.9 Å². The number of likely N-dealkylation sites (N-methyl/N-ethyl adjacent to an activating group) is 1. The average Bonchev–Trinajstić information content (AvgIpc) is 2.15. The Labute approximate surface area is 82.3 Å². The van der Waals surface area contributed by atoms with E-state index >= 15 is 0 Å². The van der Waals surface area contributed by atoms with Crippen LogP contribution in [0.4, 0.5) is 4.39 Å². The second kappa shape index (κ2) is 6.12. The van der Waals surface area contributed by atoms with Crippen molar-refractivity contribution in [1.29, 1.82) is 0 Å². The van der Waals surface area contributed by atoms with E-state index in [1.807, 2.05) is 0 Å². The van der Waals surface area contributed by atoms with Crippen LogP contribution < -0.4 is 0 Å². The Morgan fingerprint density at radius 2 is 1.86 bits per heavy atom. The highest BCUT2D eigenvalue weighted by Crippen LogP contribution is 1.96. The molecule has 0 aromatic rings. The lowest BCUT2D eigenvalue weighted by atomic mass is 10.4. The van der Waals surface area contributed by atoms with Crippen LogP contribution in [0.25, 0.3) is 0 Å². The number of amides is 1. The first-order valence-electron chi connectivity index (χ1n) is 4.32. The second-order valence-electron chi connectivity index (χ2n) is 2.57. The van der Waals surface area contributed by atoms with E-state index in [2.05, 4.69) is 11.3 Å². The van der Waals surface area contributed by atoms with Gasteiger partial charge in [0.1, 0.15) is 12.4 Å². The van der Waals surface area contributed by atoms with Crippen molar-refractivity contribution in [2.24, 2.45) is 0 Å². The molecule has 0 aromatic carbocycles. The zero-order chi connectivity index (χ0) is 11.1. The second-order valence-corrected chi connectivity index (χ2v) is 2.57. The van der Waals surface area contributed by atoms with Crippen LogP contribution in [0.3, 0.4) is 0 Å². The van der Waals surface area contributed by atoms with E-state index in [1.165, 1.54) is 4.90 Å². The summed E-state index contributed by atoms with van der Waals surface area (Å²) in [6.45, 7) is 6.65. The predicted octanol–water partition coefficient (Wildman–Crippen LogP) is 0.881. The lowest BCUT2D eigenvalue weighted by Crippen LogP contribution is -2.37. The Balaban J connectivity index is 4.10. The quantitative estimate of drug-likeness (QED) is 0.503. The van der Waals surface area contributed by atoms with Crippen LogP contribution in [0.5, 0.6) is 0 Å².